The minimum absolute atomic E-state index is 0.0788. The number of hydrogen-bond donors (Lipinski definition) is 0. The summed E-state index contributed by atoms with van der Waals surface area (Å²) < 4.78 is 0.982. The third kappa shape index (κ3) is 2.85. The molecule has 3 heteroatoms. The molecule has 1 aromatic carbocycles. The van der Waals surface area contributed by atoms with Gasteiger partial charge in [0.05, 0.1) is 0 Å². The minimum Gasteiger partial charge on any atom is -0.339 e. The van der Waals surface area contributed by atoms with E-state index in [0.29, 0.717) is 0 Å². The molecule has 1 aromatic rings. The molecule has 1 amide bonds. The molecule has 1 rings (SSSR count). The molecule has 0 radical (unpaired) electrons. The Kier molecular flexibility index (Phi) is 4.54. The van der Waals surface area contributed by atoms with E-state index in [9.17, 15) is 4.79 Å². The molecule has 16 heavy (non-hydrogen) atoms. The zero-order valence-corrected chi connectivity index (χ0v) is 11.8. The van der Waals surface area contributed by atoms with Crippen LogP contribution in [0.5, 0.6) is 0 Å². The van der Waals surface area contributed by atoms with E-state index in [1.54, 1.807) is 4.90 Å². The van der Waals surface area contributed by atoms with Gasteiger partial charge >= 0.3 is 0 Å². The van der Waals surface area contributed by atoms with Crippen LogP contribution < -0.4 is 0 Å². The van der Waals surface area contributed by atoms with E-state index in [4.69, 9.17) is 0 Å². The number of rotatable bonds is 3. The second kappa shape index (κ2) is 5.48. The molecule has 0 aromatic heterocycles. The van der Waals surface area contributed by atoms with Gasteiger partial charge in [0.2, 0.25) is 0 Å². The predicted octanol–water partition coefficient (Wildman–Crippen LogP) is 3.63. The average Bonchev–Trinajstić information content (AvgIpc) is 2.29. The third-order valence-electron chi connectivity index (χ3n) is 2.99. The SMILES string of the molecule is CCC(C)N(C)C(=O)c1ccc(C)c(Br)c1. The lowest BCUT2D eigenvalue weighted by molar-refractivity contribution is 0.0740. The summed E-state index contributed by atoms with van der Waals surface area (Å²) in [6.45, 7) is 6.15. The summed E-state index contributed by atoms with van der Waals surface area (Å²) in [5.74, 6) is 0.0788. The molecule has 0 fully saturated rings. The number of hydrogen-bond acceptors (Lipinski definition) is 1. The Morgan fingerprint density at radius 1 is 1.50 bits per heavy atom. The molecule has 0 heterocycles. The highest BCUT2D eigenvalue weighted by Gasteiger charge is 2.16. The van der Waals surface area contributed by atoms with Gasteiger partial charge in [-0.3, -0.25) is 4.79 Å². The van der Waals surface area contributed by atoms with Crippen molar-refractivity contribution in [2.45, 2.75) is 33.2 Å². The van der Waals surface area contributed by atoms with Crippen molar-refractivity contribution in [2.75, 3.05) is 7.05 Å². The molecule has 88 valence electrons. The first-order chi connectivity index (χ1) is 7.47. The average molecular weight is 284 g/mol. The van der Waals surface area contributed by atoms with E-state index in [2.05, 4.69) is 29.8 Å². The number of aryl methyl sites for hydroxylation is 1. The predicted molar refractivity (Wildman–Crippen MR) is 70.7 cm³/mol. The van der Waals surface area contributed by atoms with E-state index in [1.807, 2.05) is 32.2 Å². The van der Waals surface area contributed by atoms with E-state index in [-0.39, 0.29) is 11.9 Å². The van der Waals surface area contributed by atoms with Crippen molar-refractivity contribution in [2.24, 2.45) is 0 Å². The molecule has 0 aliphatic rings. The summed E-state index contributed by atoms with van der Waals surface area (Å²) in [5.41, 5.74) is 1.88. The largest absolute Gasteiger partial charge is 0.339 e. The summed E-state index contributed by atoms with van der Waals surface area (Å²) >= 11 is 3.45. The van der Waals surface area contributed by atoms with E-state index < -0.39 is 0 Å². The Labute approximate surface area is 106 Å². The highest BCUT2D eigenvalue weighted by Crippen LogP contribution is 2.19. The molecule has 1 atom stereocenters. The third-order valence-corrected chi connectivity index (χ3v) is 3.85. The monoisotopic (exact) mass is 283 g/mol. The van der Waals surface area contributed by atoms with Gasteiger partial charge < -0.3 is 4.90 Å². The van der Waals surface area contributed by atoms with Crippen LogP contribution in [0.1, 0.15) is 36.2 Å². The Bertz CT molecular complexity index is 390. The number of nitrogens with zero attached hydrogens (tertiary/aromatic N) is 1. The number of amides is 1. The van der Waals surface area contributed by atoms with E-state index in [1.165, 1.54) is 0 Å². The van der Waals surface area contributed by atoms with Crippen LogP contribution in [0.4, 0.5) is 0 Å². The molecule has 2 nitrogen and oxygen atoms in total. The second-order valence-electron chi connectivity index (χ2n) is 4.14. The topological polar surface area (TPSA) is 20.3 Å². The second-order valence-corrected chi connectivity index (χ2v) is 4.99. The molecule has 0 aliphatic carbocycles. The quantitative estimate of drug-likeness (QED) is 0.830. The van der Waals surface area contributed by atoms with Crippen molar-refractivity contribution < 1.29 is 4.79 Å². The van der Waals surface area contributed by atoms with Crippen LogP contribution in [0.3, 0.4) is 0 Å². The lowest BCUT2D eigenvalue weighted by Gasteiger charge is -2.24. The number of benzene rings is 1. The van der Waals surface area contributed by atoms with E-state index >= 15 is 0 Å². The van der Waals surface area contributed by atoms with Gasteiger partial charge in [0.15, 0.2) is 0 Å². The summed E-state index contributed by atoms with van der Waals surface area (Å²) in [4.78, 5) is 13.9. The number of halogens is 1. The van der Waals surface area contributed by atoms with Gasteiger partial charge in [-0.05, 0) is 38.0 Å². The maximum absolute atomic E-state index is 12.1. The summed E-state index contributed by atoms with van der Waals surface area (Å²) in [6, 6.07) is 5.99. The fourth-order valence-electron chi connectivity index (χ4n) is 1.40. The fraction of sp³-hybridized carbons (Fsp3) is 0.462. The van der Waals surface area contributed by atoms with Crippen LogP contribution >= 0.6 is 15.9 Å². The van der Waals surface area contributed by atoms with Gasteiger partial charge in [-0.2, -0.15) is 0 Å². The lowest BCUT2D eigenvalue weighted by atomic mass is 10.1. The van der Waals surface area contributed by atoms with Gasteiger partial charge in [-0.15, -0.1) is 0 Å². The van der Waals surface area contributed by atoms with Gasteiger partial charge in [0.25, 0.3) is 5.91 Å². The van der Waals surface area contributed by atoms with Gasteiger partial charge in [0, 0.05) is 23.1 Å². The summed E-state index contributed by atoms with van der Waals surface area (Å²) in [7, 11) is 1.85. The highest BCUT2D eigenvalue weighted by atomic mass is 79.9. The summed E-state index contributed by atoms with van der Waals surface area (Å²) in [5, 5.41) is 0. The maximum Gasteiger partial charge on any atom is 0.253 e. The van der Waals surface area contributed by atoms with Crippen molar-refractivity contribution in [1.82, 2.24) is 4.90 Å². The number of carbonyl (C=O) groups excluding carboxylic acids is 1. The van der Waals surface area contributed by atoms with Crippen LogP contribution in [-0.2, 0) is 0 Å². The fourth-order valence-corrected chi connectivity index (χ4v) is 1.78. The van der Waals surface area contributed by atoms with Crippen molar-refractivity contribution in [3.8, 4) is 0 Å². The first kappa shape index (κ1) is 13.2. The van der Waals surface area contributed by atoms with Gasteiger partial charge in [-0.25, -0.2) is 0 Å². The molecule has 0 aliphatic heterocycles. The minimum atomic E-state index is 0.0788. The standard InChI is InChI=1S/C13H18BrNO/c1-5-10(3)15(4)13(16)11-7-6-9(2)12(14)8-11/h6-8,10H,5H2,1-4H3. The molecule has 0 saturated heterocycles. The number of carbonyl (C=O) groups is 1. The Hall–Kier alpha value is -0.830. The van der Waals surface area contributed by atoms with Crippen LogP contribution in [-0.4, -0.2) is 23.9 Å². The first-order valence-electron chi connectivity index (χ1n) is 5.50. The van der Waals surface area contributed by atoms with Crippen molar-refractivity contribution in [3.05, 3.63) is 33.8 Å². The Morgan fingerprint density at radius 3 is 2.62 bits per heavy atom. The first-order valence-corrected chi connectivity index (χ1v) is 6.30. The zero-order chi connectivity index (χ0) is 12.3. The molecule has 0 spiro atoms. The summed E-state index contributed by atoms with van der Waals surface area (Å²) in [6.07, 6.45) is 0.968. The van der Waals surface area contributed by atoms with Gasteiger partial charge in [-0.1, -0.05) is 28.9 Å². The van der Waals surface area contributed by atoms with Crippen LogP contribution in [0.25, 0.3) is 0 Å². The molecule has 0 N–H and O–H groups in total. The van der Waals surface area contributed by atoms with Crippen molar-refractivity contribution >= 4 is 21.8 Å². The van der Waals surface area contributed by atoms with Crippen molar-refractivity contribution in [3.63, 3.8) is 0 Å². The zero-order valence-electron chi connectivity index (χ0n) is 10.2. The molecular weight excluding hydrogens is 266 g/mol. The normalized spacial score (nSPS) is 12.3. The molecule has 0 saturated carbocycles. The van der Waals surface area contributed by atoms with Crippen LogP contribution in [0, 0.1) is 6.92 Å². The lowest BCUT2D eigenvalue weighted by Crippen LogP contribution is -2.34. The molecule has 1 unspecified atom stereocenters. The van der Waals surface area contributed by atoms with Gasteiger partial charge in [0.1, 0.15) is 0 Å². The van der Waals surface area contributed by atoms with Crippen molar-refractivity contribution in [1.29, 1.82) is 0 Å². The molecule has 0 bridgehead atoms. The van der Waals surface area contributed by atoms with Crippen LogP contribution in [0.15, 0.2) is 22.7 Å². The highest BCUT2D eigenvalue weighted by molar-refractivity contribution is 9.10. The maximum atomic E-state index is 12.1. The Balaban J connectivity index is 2.92. The Morgan fingerprint density at radius 2 is 2.12 bits per heavy atom. The smallest absolute Gasteiger partial charge is 0.253 e. The van der Waals surface area contributed by atoms with Crippen LogP contribution in [0.2, 0.25) is 0 Å². The van der Waals surface area contributed by atoms with E-state index in [0.717, 1.165) is 22.0 Å². The molecular formula is C13H18BrNO.